The summed E-state index contributed by atoms with van der Waals surface area (Å²) in [6, 6.07) is 12.9. The molecule has 0 unspecified atom stereocenters. The van der Waals surface area contributed by atoms with Crippen LogP contribution in [0.4, 0.5) is 13.2 Å². The molecule has 1 amide bonds. The average molecular weight is 407 g/mol. The molecule has 29 heavy (non-hydrogen) atoms. The highest BCUT2D eigenvalue weighted by atomic mass is 19.4. The number of furan rings is 1. The predicted octanol–water partition coefficient (Wildman–Crippen LogP) is 4.37. The van der Waals surface area contributed by atoms with Crippen molar-refractivity contribution in [1.82, 2.24) is 5.32 Å². The van der Waals surface area contributed by atoms with Gasteiger partial charge in [0.15, 0.2) is 6.61 Å². The average Bonchev–Trinajstić information content (AvgIpc) is 3.10. The van der Waals surface area contributed by atoms with E-state index in [-0.39, 0.29) is 5.56 Å². The normalized spacial score (nSPS) is 12.4. The minimum atomic E-state index is -4.82. The van der Waals surface area contributed by atoms with Crippen molar-refractivity contribution in [2.24, 2.45) is 0 Å². The Labute approximate surface area is 163 Å². The van der Waals surface area contributed by atoms with Gasteiger partial charge in [0.25, 0.3) is 5.91 Å². The fraction of sp³-hybridized carbons (Fsp3) is 0.200. The van der Waals surface area contributed by atoms with Crippen LogP contribution in [-0.4, -0.2) is 24.8 Å². The number of amides is 1. The van der Waals surface area contributed by atoms with E-state index in [9.17, 15) is 22.8 Å². The van der Waals surface area contributed by atoms with Gasteiger partial charge in [-0.3, -0.25) is 4.79 Å². The number of esters is 1. The SMILES string of the molecule is C[C@H](NC(=O)COC(=O)c1ccc(OC(F)(F)F)cc1)c1cc2ccccc2o1. The van der Waals surface area contributed by atoms with Crippen molar-refractivity contribution in [2.75, 3.05) is 6.61 Å². The Hall–Kier alpha value is -3.49. The number of para-hydroxylation sites is 1. The van der Waals surface area contributed by atoms with Crippen LogP contribution in [0.2, 0.25) is 0 Å². The minimum absolute atomic E-state index is 0.0161. The number of fused-ring (bicyclic) bond motifs is 1. The topological polar surface area (TPSA) is 77.8 Å². The highest BCUT2D eigenvalue weighted by Gasteiger charge is 2.31. The summed E-state index contributed by atoms with van der Waals surface area (Å²) < 4.78 is 50.7. The smallest absolute Gasteiger partial charge is 0.459 e. The molecule has 0 aliphatic rings. The zero-order chi connectivity index (χ0) is 21.0. The van der Waals surface area contributed by atoms with Gasteiger partial charge in [-0.25, -0.2) is 4.79 Å². The summed E-state index contributed by atoms with van der Waals surface area (Å²) in [5.74, 6) is -1.32. The molecule has 1 atom stereocenters. The first-order valence-corrected chi connectivity index (χ1v) is 8.52. The molecular weight excluding hydrogens is 391 g/mol. The Balaban J connectivity index is 1.51. The van der Waals surface area contributed by atoms with E-state index in [1.54, 1.807) is 19.1 Å². The van der Waals surface area contributed by atoms with Crippen molar-refractivity contribution >= 4 is 22.8 Å². The van der Waals surface area contributed by atoms with E-state index in [2.05, 4.69) is 10.1 Å². The number of hydrogen-bond acceptors (Lipinski definition) is 5. The molecule has 1 heterocycles. The fourth-order valence-corrected chi connectivity index (χ4v) is 2.58. The van der Waals surface area contributed by atoms with E-state index in [1.165, 1.54) is 0 Å². The van der Waals surface area contributed by atoms with Gasteiger partial charge in [0.1, 0.15) is 17.1 Å². The van der Waals surface area contributed by atoms with Crippen molar-refractivity contribution in [3.05, 3.63) is 65.9 Å². The van der Waals surface area contributed by atoms with Gasteiger partial charge in [-0.15, -0.1) is 13.2 Å². The van der Waals surface area contributed by atoms with Crippen molar-refractivity contribution in [3.63, 3.8) is 0 Å². The van der Waals surface area contributed by atoms with Crippen LogP contribution >= 0.6 is 0 Å². The Morgan fingerprint density at radius 1 is 1.10 bits per heavy atom. The molecule has 0 aliphatic heterocycles. The third-order valence-corrected chi connectivity index (χ3v) is 3.91. The molecule has 152 valence electrons. The van der Waals surface area contributed by atoms with Gasteiger partial charge in [0.2, 0.25) is 0 Å². The van der Waals surface area contributed by atoms with Crippen LogP contribution in [-0.2, 0) is 9.53 Å². The highest BCUT2D eigenvalue weighted by Crippen LogP contribution is 2.24. The Bertz CT molecular complexity index is 978. The monoisotopic (exact) mass is 407 g/mol. The van der Waals surface area contributed by atoms with E-state index >= 15 is 0 Å². The lowest BCUT2D eigenvalue weighted by Crippen LogP contribution is -2.31. The molecule has 0 radical (unpaired) electrons. The van der Waals surface area contributed by atoms with E-state index in [0.717, 1.165) is 29.7 Å². The summed E-state index contributed by atoms with van der Waals surface area (Å²) in [5, 5.41) is 3.54. The second kappa shape index (κ2) is 8.26. The summed E-state index contributed by atoms with van der Waals surface area (Å²) in [4.78, 5) is 23.9. The summed E-state index contributed by atoms with van der Waals surface area (Å²) in [5.41, 5.74) is 0.672. The van der Waals surface area contributed by atoms with Crippen LogP contribution in [0.1, 0.15) is 29.1 Å². The van der Waals surface area contributed by atoms with Gasteiger partial charge >= 0.3 is 12.3 Å². The molecule has 1 aromatic heterocycles. The highest BCUT2D eigenvalue weighted by molar-refractivity contribution is 5.91. The van der Waals surface area contributed by atoms with Crippen molar-refractivity contribution in [1.29, 1.82) is 0 Å². The van der Waals surface area contributed by atoms with Crippen molar-refractivity contribution in [2.45, 2.75) is 19.3 Å². The number of rotatable bonds is 6. The van der Waals surface area contributed by atoms with Gasteiger partial charge in [-0.2, -0.15) is 0 Å². The first kappa shape index (κ1) is 20.2. The molecule has 3 rings (SSSR count). The Kier molecular flexibility index (Phi) is 5.76. The van der Waals surface area contributed by atoms with Gasteiger partial charge in [0, 0.05) is 5.39 Å². The molecule has 0 saturated heterocycles. The molecule has 0 aliphatic carbocycles. The van der Waals surface area contributed by atoms with E-state index < -0.39 is 36.6 Å². The van der Waals surface area contributed by atoms with E-state index in [0.29, 0.717) is 11.3 Å². The van der Waals surface area contributed by atoms with Crippen LogP contribution in [0, 0.1) is 0 Å². The number of nitrogens with one attached hydrogen (secondary N) is 1. The van der Waals surface area contributed by atoms with Gasteiger partial charge < -0.3 is 19.2 Å². The first-order chi connectivity index (χ1) is 13.7. The predicted molar refractivity (Wildman–Crippen MR) is 96.2 cm³/mol. The molecule has 0 spiro atoms. The zero-order valence-electron chi connectivity index (χ0n) is 15.2. The summed E-state index contributed by atoms with van der Waals surface area (Å²) in [6.07, 6.45) is -4.82. The molecule has 9 heteroatoms. The van der Waals surface area contributed by atoms with E-state index in [1.807, 2.05) is 18.2 Å². The number of benzene rings is 2. The van der Waals surface area contributed by atoms with Crippen LogP contribution in [0.5, 0.6) is 5.75 Å². The maximum Gasteiger partial charge on any atom is 0.573 e. The standard InChI is InChI=1S/C20H16F3NO5/c1-12(17-10-14-4-2-3-5-16(14)28-17)24-18(25)11-27-19(26)13-6-8-15(9-7-13)29-20(21,22)23/h2-10,12H,11H2,1H3,(H,24,25)/t12-/m0/s1. The Morgan fingerprint density at radius 2 is 1.79 bits per heavy atom. The first-order valence-electron chi connectivity index (χ1n) is 8.52. The maximum atomic E-state index is 12.1. The molecular formula is C20H16F3NO5. The number of carbonyl (C=O) groups is 2. The van der Waals surface area contributed by atoms with Crippen molar-refractivity contribution < 1.29 is 36.7 Å². The fourth-order valence-electron chi connectivity index (χ4n) is 2.58. The zero-order valence-corrected chi connectivity index (χ0v) is 15.2. The number of alkyl halides is 3. The lowest BCUT2D eigenvalue weighted by Gasteiger charge is -2.12. The number of carbonyl (C=O) groups excluding carboxylic acids is 2. The summed E-state index contributed by atoms with van der Waals surface area (Å²) in [6.45, 7) is 1.17. The van der Waals surface area contributed by atoms with Crippen LogP contribution in [0.25, 0.3) is 11.0 Å². The third kappa shape index (κ3) is 5.50. The number of ether oxygens (including phenoxy) is 2. The minimum Gasteiger partial charge on any atom is -0.459 e. The molecule has 6 nitrogen and oxygen atoms in total. The Morgan fingerprint density at radius 3 is 2.45 bits per heavy atom. The molecule has 2 aromatic carbocycles. The molecule has 0 saturated carbocycles. The molecule has 1 N–H and O–H groups in total. The van der Waals surface area contributed by atoms with Gasteiger partial charge in [0.05, 0.1) is 11.6 Å². The van der Waals surface area contributed by atoms with E-state index in [4.69, 9.17) is 9.15 Å². The third-order valence-electron chi connectivity index (χ3n) is 3.91. The summed E-state index contributed by atoms with van der Waals surface area (Å²) >= 11 is 0. The number of hydrogen-bond donors (Lipinski definition) is 1. The van der Waals surface area contributed by atoms with Crippen LogP contribution in [0.3, 0.4) is 0 Å². The maximum absolute atomic E-state index is 12.1. The van der Waals surface area contributed by atoms with Gasteiger partial charge in [-0.05, 0) is 43.3 Å². The number of halogens is 3. The molecule has 0 bridgehead atoms. The lowest BCUT2D eigenvalue weighted by atomic mass is 10.2. The summed E-state index contributed by atoms with van der Waals surface area (Å²) in [7, 11) is 0. The largest absolute Gasteiger partial charge is 0.573 e. The van der Waals surface area contributed by atoms with Crippen molar-refractivity contribution in [3.8, 4) is 5.75 Å². The van der Waals surface area contributed by atoms with Crippen LogP contribution < -0.4 is 10.1 Å². The van der Waals surface area contributed by atoms with Crippen LogP contribution in [0.15, 0.2) is 59.0 Å². The second-order valence-electron chi connectivity index (χ2n) is 6.12. The molecule has 0 fully saturated rings. The molecule has 3 aromatic rings. The lowest BCUT2D eigenvalue weighted by molar-refractivity contribution is -0.274. The quantitative estimate of drug-likeness (QED) is 0.614. The van der Waals surface area contributed by atoms with Gasteiger partial charge in [-0.1, -0.05) is 18.2 Å². The second-order valence-corrected chi connectivity index (χ2v) is 6.12.